The van der Waals surface area contributed by atoms with Crippen molar-refractivity contribution in [1.82, 2.24) is 5.32 Å². The third kappa shape index (κ3) is 6.30. The van der Waals surface area contributed by atoms with Gasteiger partial charge in [0.15, 0.2) is 6.61 Å². The molecule has 0 saturated carbocycles. The van der Waals surface area contributed by atoms with Crippen molar-refractivity contribution in [3.8, 4) is 0 Å². The molecule has 1 atom stereocenters. The van der Waals surface area contributed by atoms with Gasteiger partial charge in [0.05, 0.1) is 22.8 Å². The third-order valence-electron chi connectivity index (χ3n) is 4.46. The molecule has 0 aliphatic rings. The predicted molar refractivity (Wildman–Crippen MR) is 122 cm³/mol. The first-order valence-corrected chi connectivity index (χ1v) is 11.2. The van der Waals surface area contributed by atoms with Crippen molar-refractivity contribution in [2.24, 2.45) is 0 Å². The minimum Gasteiger partial charge on any atom is -0.462 e. The lowest BCUT2D eigenvalue weighted by atomic mass is 10.1. The number of anilines is 1. The minimum absolute atomic E-state index is 0.208. The quantitative estimate of drug-likeness (QED) is 0.529. The number of thiophene rings is 1. The molecule has 2 rings (SSSR count). The SMILES string of the molecule is CCOC(=O)c1c(NC(=O)COC(=O)[C@H](C)NC(=O)c2ccccc2Cl)sc(C)c1CC. The van der Waals surface area contributed by atoms with E-state index in [1.54, 1.807) is 25.1 Å². The number of ether oxygens (including phenoxy) is 2. The highest BCUT2D eigenvalue weighted by Crippen LogP contribution is 2.34. The van der Waals surface area contributed by atoms with E-state index in [0.29, 0.717) is 17.0 Å². The molecule has 1 aromatic heterocycles. The standard InChI is InChI=1S/C22H25ClN2O6S/c1-5-14-13(4)32-20(18(14)22(29)30-6-2)25-17(26)11-31-21(28)12(3)24-19(27)15-9-7-8-10-16(15)23/h7-10,12H,5-6,11H2,1-4H3,(H,24,27)(H,25,26)/t12-/m0/s1. The lowest BCUT2D eigenvalue weighted by molar-refractivity contribution is -0.148. The van der Waals surface area contributed by atoms with Crippen molar-refractivity contribution >= 4 is 51.7 Å². The predicted octanol–water partition coefficient (Wildman–Crippen LogP) is 3.75. The molecular weight excluding hydrogens is 456 g/mol. The minimum atomic E-state index is -1.00. The second kappa shape index (κ2) is 11.6. The molecule has 1 heterocycles. The number of hydrogen-bond donors (Lipinski definition) is 2. The Morgan fingerprint density at radius 1 is 1.12 bits per heavy atom. The van der Waals surface area contributed by atoms with Crippen molar-refractivity contribution in [1.29, 1.82) is 0 Å². The van der Waals surface area contributed by atoms with Gasteiger partial charge in [0.25, 0.3) is 11.8 Å². The maximum Gasteiger partial charge on any atom is 0.341 e. The van der Waals surface area contributed by atoms with E-state index in [0.717, 1.165) is 10.4 Å². The zero-order valence-electron chi connectivity index (χ0n) is 18.2. The molecule has 0 saturated heterocycles. The van der Waals surface area contributed by atoms with E-state index < -0.39 is 36.4 Å². The van der Waals surface area contributed by atoms with Crippen molar-refractivity contribution in [2.45, 2.75) is 40.2 Å². The van der Waals surface area contributed by atoms with Crippen LogP contribution >= 0.6 is 22.9 Å². The number of halogens is 1. The highest BCUT2D eigenvalue weighted by molar-refractivity contribution is 7.16. The summed E-state index contributed by atoms with van der Waals surface area (Å²) in [6, 6.07) is 5.41. The smallest absolute Gasteiger partial charge is 0.341 e. The highest BCUT2D eigenvalue weighted by atomic mass is 35.5. The molecule has 0 aliphatic carbocycles. The molecule has 0 fully saturated rings. The number of aryl methyl sites for hydroxylation is 1. The van der Waals surface area contributed by atoms with Gasteiger partial charge in [0.2, 0.25) is 0 Å². The lowest BCUT2D eigenvalue weighted by Gasteiger charge is -2.14. The normalized spacial score (nSPS) is 11.4. The summed E-state index contributed by atoms with van der Waals surface area (Å²) >= 11 is 7.23. The average Bonchev–Trinajstić information content (AvgIpc) is 3.06. The van der Waals surface area contributed by atoms with E-state index >= 15 is 0 Å². The Hall–Kier alpha value is -2.91. The number of carbonyl (C=O) groups is 4. The maximum atomic E-state index is 12.3. The molecule has 0 spiro atoms. The van der Waals surface area contributed by atoms with E-state index in [9.17, 15) is 19.2 Å². The summed E-state index contributed by atoms with van der Waals surface area (Å²) in [7, 11) is 0. The van der Waals surface area contributed by atoms with Crippen molar-refractivity contribution in [2.75, 3.05) is 18.5 Å². The van der Waals surface area contributed by atoms with Gasteiger partial charge >= 0.3 is 11.9 Å². The van der Waals surface area contributed by atoms with Crippen LogP contribution in [0.1, 0.15) is 51.9 Å². The van der Waals surface area contributed by atoms with Gasteiger partial charge in [0.1, 0.15) is 11.0 Å². The second-order valence-corrected chi connectivity index (χ2v) is 8.38. The summed E-state index contributed by atoms with van der Waals surface area (Å²) in [6.45, 7) is 6.52. The molecule has 8 nitrogen and oxygen atoms in total. The third-order valence-corrected chi connectivity index (χ3v) is 5.85. The van der Waals surface area contributed by atoms with E-state index in [4.69, 9.17) is 21.1 Å². The van der Waals surface area contributed by atoms with Crippen LogP contribution in [-0.2, 0) is 25.5 Å². The molecule has 0 radical (unpaired) electrons. The topological polar surface area (TPSA) is 111 Å². The fourth-order valence-corrected chi connectivity index (χ4v) is 4.29. The number of carbonyl (C=O) groups excluding carboxylic acids is 4. The Kier molecular flexibility index (Phi) is 9.22. The Morgan fingerprint density at radius 2 is 1.81 bits per heavy atom. The number of rotatable bonds is 9. The molecule has 1 aromatic carbocycles. The molecule has 10 heteroatoms. The Balaban J connectivity index is 1.96. The van der Waals surface area contributed by atoms with Gasteiger partial charge in [-0.3, -0.25) is 9.59 Å². The summed E-state index contributed by atoms with van der Waals surface area (Å²) in [5, 5.41) is 5.68. The Bertz CT molecular complexity index is 1020. The molecule has 2 amide bonds. The van der Waals surface area contributed by atoms with Gasteiger partial charge in [-0.05, 0) is 44.9 Å². The fraction of sp³-hybridized carbons (Fsp3) is 0.364. The van der Waals surface area contributed by atoms with Crippen LogP contribution in [0, 0.1) is 6.92 Å². The summed E-state index contributed by atoms with van der Waals surface area (Å²) in [5.41, 5.74) is 1.34. The second-order valence-electron chi connectivity index (χ2n) is 6.75. The van der Waals surface area contributed by atoms with Crippen LogP contribution in [-0.4, -0.2) is 43.0 Å². The van der Waals surface area contributed by atoms with Crippen LogP contribution in [0.25, 0.3) is 0 Å². The maximum absolute atomic E-state index is 12.3. The molecule has 0 bridgehead atoms. The molecule has 32 heavy (non-hydrogen) atoms. The average molecular weight is 481 g/mol. The van der Waals surface area contributed by atoms with Gasteiger partial charge < -0.3 is 20.1 Å². The van der Waals surface area contributed by atoms with E-state index in [1.807, 2.05) is 13.8 Å². The molecular formula is C22H25ClN2O6S. The monoisotopic (exact) mass is 480 g/mol. The summed E-state index contributed by atoms with van der Waals surface area (Å²) in [5.74, 6) is -2.46. The largest absolute Gasteiger partial charge is 0.462 e. The summed E-state index contributed by atoms with van der Waals surface area (Å²) < 4.78 is 10.1. The number of hydrogen-bond acceptors (Lipinski definition) is 7. The summed E-state index contributed by atoms with van der Waals surface area (Å²) in [6.07, 6.45) is 0.601. The lowest BCUT2D eigenvalue weighted by Crippen LogP contribution is -2.40. The first-order valence-electron chi connectivity index (χ1n) is 10.0. The van der Waals surface area contributed by atoms with Gasteiger partial charge in [0, 0.05) is 4.88 Å². The van der Waals surface area contributed by atoms with E-state index in [-0.39, 0.29) is 17.2 Å². The zero-order valence-corrected chi connectivity index (χ0v) is 19.8. The first kappa shape index (κ1) is 25.4. The number of benzene rings is 1. The zero-order chi connectivity index (χ0) is 23.8. The number of nitrogens with one attached hydrogen (secondary N) is 2. The van der Waals surface area contributed by atoms with E-state index in [1.165, 1.54) is 24.3 Å². The molecule has 2 aromatic rings. The van der Waals surface area contributed by atoms with Crippen LogP contribution in [0.3, 0.4) is 0 Å². The van der Waals surface area contributed by atoms with Crippen LogP contribution in [0.5, 0.6) is 0 Å². The number of esters is 2. The molecule has 0 unspecified atom stereocenters. The molecule has 2 N–H and O–H groups in total. The van der Waals surface area contributed by atoms with Crippen LogP contribution in [0.2, 0.25) is 5.02 Å². The van der Waals surface area contributed by atoms with Gasteiger partial charge in [-0.25, -0.2) is 9.59 Å². The number of amides is 2. The van der Waals surface area contributed by atoms with Crippen molar-refractivity contribution in [3.63, 3.8) is 0 Å². The first-order chi connectivity index (χ1) is 15.2. The van der Waals surface area contributed by atoms with Crippen molar-refractivity contribution < 1.29 is 28.7 Å². The van der Waals surface area contributed by atoms with Gasteiger partial charge in [-0.2, -0.15) is 0 Å². The van der Waals surface area contributed by atoms with Crippen LogP contribution in [0.4, 0.5) is 5.00 Å². The van der Waals surface area contributed by atoms with Gasteiger partial charge in [-0.1, -0.05) is 30.7 Å². The molecule has 0 aliphatic heterocycles. The highest BCUT2D eigenvalue weighted by Gasteiger charge is 2.24. The Morgan fingerprint density at radius 3 is 2.44 bits per heavy atom. The fourth-order valence-electron chi connectivity index (χ4n) is 2.91. The molecule has 172 valence electrons. The van der Waals surface area contributed by atoms with Crippen LogP contribution < -0.4 is 10.6 Å². The summed E-state index contributed by atoms with van der Waals surface area (Å²) in [4.78, 5) is 50.0. The van der Waals surface area contributed by atoms with Gasteiger partial charge in [-0.15, -0.1) is 11.3 Å². The Labute approximate surface area is 195 Å². The van der Waals surface area contributed by atoms with Crippen molar-refractivity contribution in [3.05, 3.63) is 50.9 Å². The van der Waals surface area contributed by atoms with E-state index in [2.05, 4.69) is 10.6 Å². The van der Waals surface area contributed by atoms with Crippen LogP contribution in [0.15, 0.2) is 24.3 Å².